The van der Waals surface area contributed by atoms with Crippen molar-refractivity contribution in [3.8, 4) is 45.9 Å². The van der Waals surface area contributed by atoms with E-state index >= 15 is 0 Å². The number of aryl methyl sites for hydroxylation is 3. The zero-order valence-electron chi connectivity index (χ0n) is 50.4. The van der Waals surface area contributed by atoms with Crippen LogP contribution >= 0.6 is 34.0 Å². The zero-order valence-corrected chi connectivity index (χ0v) is 52.8. The minimum absolute atomic E-state index is 0.0693. The summed E-state index contributed by atoms with van der Waals surface area (Å²) < 4.78 is 51.7. The van der Waals surface area contributed by atoms with Crippen molar-refractivity contribution in [1.82, 2.24) is 74.9 Å². The molecule has 15 rings (SSSR count). The maximum absolute atomic E-state index is 15.0. The Morgan fingerprint density at radius 3 is 1.76 bits per heavy atom. The summed E-state index contributed by atoms with van der Waals surface area (Å²) in [5, 5.41) is 49.8. The maximum atomic E-state index is 15.0. The van der Waals surface area contributed by atoms with Gasteiger partial charge in [-0.05, 0) is 161 Å². The molecule has 0 radical (unpaired) electrons. The number of rotatable bonds is 8. The van der Waals surface area contributed by atoms with Crippen molar-refractivity contribution >= 4 is 97.1 Å². The number of nitrogens with zero attached hydrogens (tertiary/aromatic N) is 15. The number of nitrogens with one attached hydrogen (secondary N) is 4. The Bertz CT molecular complexity index is 4760. The van der Waals surface area contributed by atoms with E-state index in [0.29, 0.717) is 79.5 Å². The van der Waals surface area contributed by atoms with E-state index in [2.05, 4.69) is 106 Å². The average Bonchev–Trinajstić information content (AvgIpc) is 2.39. The van der Waals surface area contributed by atoms with E-state index in [1.807, 2.05) is 51.4 Å². The first kappa shape index (κ1) is 59.4. The Morgan fingerprint density at radius 1 is 0.618 bits per heavy atom. The number of hydrogen-bond donors (Lipinski definition) is 4. The topological polar surface area (TPSA) is 229 Å². The van der Waals surface area contributed by atoms with Gasteiger partial charge >= 0.3 is 0 Å². The van der Waals surface area contributed by atoms with E-state index in [9.17, 15) is 23.7 Å². The lowest BCUT2D eigenvalue weighted by Gasteiger charge is -2.46. The monoisotopic (exact) mass is 1250 g/mol. The fourth-order valence-electron chi connectivity index (χ4n) is 12.7. The second-order valence-corrected chi connectivity index (χ2v) is 27.7. The van der Waals surface area contributed by atoms with Gasteiger partial charge in [0.1, 0.15) is 34.2 Å². The highest BCUT2D eigenvalue weighted by atomic mass is 32.1. The molecule has 12 aromatic rings. The molecule has 0 bridgehead atoms. The Morgan fingerprint density at radius 2 is 1.17 bits per heavy atom. The van der Waals surface area contributed by atoms with Gasteiger partial charge in [0, 0.05) is 71.4 Å². The fourth-order valence-corrected chi connectivity index (χ4v) is 15.9. The molecule has 3 aliphatic rings. The van der Waals surface area contributed by atoms with Crippen molar-refractivity contribution in [2.45, 2.75) is 109 Å². The van der Waals surface area contributed by atoms with E-state index in [4.69, 9.17) is 4.98 Å². The molecule has 19 nitrogen and oxygen atoms in total. The molecule has 3 aliphatic heterocycles. The summed E-state index contributed by atoms with van der Waals surface area (Å²) in [6.45, 7) is 16.6. The number of nitriles is 2. The third kappa shape index (κ3) is 12.3. The van der Waals surface area contributed by atoms with Crippen LogP contribution in [0.25, 0.3) is 86.6 Å². The SMILES string of the molecule is Cc1cn2nc(-c3cc(F)c4nc(C5CCNCC5)sc4c3)cc(C#N)c2n1.Cc1cn2nc(-c3cc(F)c4nc(N(C)C5CCNCC5)sc4c3)cc(C#N)c2n1.Cn1cc2cc(-c3cc4sc(NC5CC(C)(C)NC(C)(C)C5)nc4cn3)cc(F)c2n1. The molecule has 3 aromatic carbocycles. The lowest BCUT2D eigenvalue weighted by Crippen LogP contribution is -2.60. The molecule has 0 aliphatic carbocycles. The number of thiazole rings is 3. The van der Waals surface area contributed by atoms with Crippen molar-refractivity contribution in [3.63, 3.8) is 0 Å². The highest BCUT2D eigenvalue weighted by molar-refractivity contribution is 7.22. The molecule has 0 spiro atoms. The molecule has 0 saturated carbocycles. The number of hydrogen-bond acceptors (Lipinski definition) is 19. The average molecular weight is 1250 g/mol. The maximum Gasteiger partial charge on any atom is 0.186 e. The summed E-state index contributed by atoms with van der Waals surface area (Å²) in [6.07, 6.45) is 13.3. The number of fused-ring (bicyclic) bond motifs is 6. The van der Waals surface area contributed by atoms with E-state index in [-0.39, 0.29) is 28.5 Å². The zero-order chi connectivity index (χ0) is 62.0. The molecule has 89 heavy (non-hydrogen) atoms. The van der Waals surface area contributed by atoms with Crippen LogP contribution in [-0.4, -0.2) is 115 Å². The molecule has 12 heterocycles. The van der Waals surface area contributed by atoms with Crippen molar-refractivity contribution in [2.75, 3.05) is 43.4 Å². The smallest absolute Gasteiger partial charge is 0.186 e. The van der Waals surface area contributed by atoms with Crippen molar-refractivity contribution < 1.29 is 13.2 Å². The standard InChI is InChI=1S/C23H27FN6S.C21H20FN7S.C20H17FN6S/c1-22(2)9-15(10-23(3,4)29-22)26-21-27-18-11-25-17(8-19(18)31-21)13-6-14-12-30(5)28-20(14)16(24)7-13;1-12-11-29-20(25-12)14(10-23)8-17(27-29)13-7-16(22)19-18(9-13)30-21(26-19)28(2)15-3-5-24-6-4-15;1-11-10-27-19(24-11)14(9-22)7-16(26-27)13-6-15(21)18-17(8-13)28-20(25-18)12-2-4-23-5-3-12/h6-8,11-12,15,29H,9-10H2,1-5H3,(H,26,27);7-9,11,15,24H,3-6H2,1-2H3;6-8,10,12,23H,2-5H2,1H3. The van der Waals surface area contributed by atoms with Crippen LogP contribution in [-0.2, 0) is 7.05 Å². The number of pyridine rings is 1. The van der Waals surface area contributed by atoms with Crippen LogP contribution < -0.4 is 26.2 Å². The summed E-state index contributed by atoms with van der Waals surface area (Å²) in [5.41, 5.74) is 9.34. The minimum atomic E-state index is -0.383. The quantitative estimate of drug-likeness (QED) is 0.111. The third-order valence-corrected chi connectivity index (χ3v) is 19.6. The van der Waals surface area contributed by atoms with Crippen LogP contribution in [0, 0.1) is 54.0 Å². The first-order valence-electron chi connectivity index (χ1n) is 29.6. The Kier molecular flexibility index (Phi) is 15.9. The molecule has 0 amide bonds. The van der Waals surface area contributed by atoms with Crippen LogP contribution in [0.3, 0.4) is 0 Å². The summed E-state index contributed by atoms with van der Waals surface area (Å²) in [7, 11) is 3.82. The predicted molar refractivity (Wildman–Crippen MR) is 346 cm³/mol. The Hall–Kier alpha value is -8.56. The molecule has 0 unspecified atom stereocenters. The van der Waals surface area contributed by atoms with Crippen molar-refractivity contribution in [1.29, 1.82) is 10.5 Å². The predicted octanol–water partition coefficient (Wildman–Crippen LogP) is 12.4. The van der Waals surface area contributed by atoms with Gasteiger partial charge in [0.15, 0.2) is 39.0 Å². The van der Waals surface area contributed by atoms with Crippen LogP contribution in [0.4, 0.5) is 23.4 Å². The molecular formula is C64H64F3N19S3. The second kappa shape index (κ2) is 23.8. The van der Waals surface area contributed by atoms with Gasteiger partial charge in [0.25, 0.3) is 0 Å². The Balaban J connectivity index is 0.000000123. The Labute approximate surface area is 522 Å². The van der Waals surface area contributed by atoms with Crippen LogP contribution in [0.1, 0.15) is 99.7 Å². The molecule has 0 atom stereocenters. The number of piperidine rings is 3. The minimum Gasteiger partial charge on any atom is -0.359 e. The second-order valence-electron chi connectivity index (χ2n) is 24.6. The number of halogens is 3. The van der Waals surface area contributed by atoms with Crippen LogP contribution in [0.15, 0.2) is 79.4 Å². The van der Waals surface area contributed by atoms with E-state index < -0.39 is 0 Å². The van der Waals surface area contributed by atoms with Crippen LogP contribution in [0.2, 0.25) is 0 Å². The lowest BCUT2D eigenvalue weighted by molar-refractivity contribution is 0.170. The molecule has 454 valence electrons. The normalized spacial score (nSPS) is 16.4. The van der Waals surface area contributed by atoms with Crippen molar-refractivity contribution in [2.24, 2.45) is 7.05 Å². The van der Waals surface area contributed by atoms with E-state index in [1.54, 1.807) is 74.2 Å². The third-order valence-electron chi connectivity index (χ3n) is 16.4. The summed E-state index contributed by atoms with van der Waals surface area (Å²) in [6, 6.07) is 20.5. The number of imidazole rings is 2. The van der Waals surface area contributed by atoms with Gasteiger partial charge < -0.3 is 26.2 Å². The van der Waals surface area contributed by atoms with Gasteiger partial charge in [-0.15, -0.1) is 11.3 Å². The van der Waals surface area contributed by atoms with Crippen molar-refractivity contribution in [3.05, 3.63) is 124 Å². The summed E-state index contributed by atoms with van der Waals surface area (Å²) in [5.74, 6) is -0.690. The number of anilines is 2. The fraction of sp³-hybridized carbons (Fsp3) is 0.359. The summed E-state index contributed by atoms with van der Waals surface area (Å²) >= 11 is 4.65. The molecule has 3 saturated heterocycles. The van der Waals surface area contributed by atoms with Gasteiger partial charge in [-0.3, -0.25) is 9.67 Å². The van der Waals surface area contributed by atoms with E-state index in [0.717, 1.165) is 128 Å². The number of aromatic nitrogens is 12. The van der Waals surface area contributed by atoms with Crippen LogP contribution in [0.5, 0.6) is 0 Å². The van der Waals surface area contributed by atoms with Gasteiger partial charge in [-0.25, -0.2) is 47.1 Å². The highest BCUT2D eigenvalue weighted by Crippen LogP contribution is 2.39. The lowest BCUT2D eigenvalue weighted by atomic mass is 9.80. The molecular weight excluding hydrogens is 1190 g/mol. The molecule has 9 aromatic heterocycles. The molecule has 4 N–H and O–H groups in total. The summed E-state index contributed by atoms with van der Waals surface area (Å²) in [4.78, 5) is 29.3. The first-order valence-corrected chi connectivity index (χ1v) is 32.0. The van der Waals surface area contributed by atoms with Gasteiger partial charge in [0.2, 0.25) is 0 Å². The first-order chi connectivity index (χ1) is 42.7. The van der Waals surface area contributed by atoms with Gasteiger partial charge in [-0.2, -0.15) is 25.8 Å². The molecule has 3 fully saturated rings. The number of benzene rings is 3. The van der Waals surface area contributed by atoms with Gasteiger partial charge in [0.05, 0.1) is 77.3 Å². The molecule has 25 heteroatoms. The highest BCUT2D eigenvalue weighted by Gasteiger charge is 2.38. The van der Waals surface area contributed by atoms with Gasteiger partial charge in [-0.1, -0.05) is 22.7 Å². The largest absolute Gasteiger partial charge is 0.359 e. The van der Waals surface area contributed by atoms with E-state index in [1.165, 1.54) is 29.5 Å².